The van der Waals surface area contributed by atoms with E-state index >= 15 is 0 Å². The molecular weight excluding hydrogens is 262 g/mol. The van der Waals surface area contributed by atoms with E-state index in [1.54, 1.807) is 6.92 Å². The minimum atomic E-state index is -3.21. The smallest absolute Gasteiger partial charge is 0.215 e. The summed E-state index contributed by atoms with van der Waals surface area (Å²) in [4.78, 5) is 2.17. The summed E-state index contributed by atoms with van der Waals surface area (Å²) >= 11 is 0. The van der Waals surface area contributed by atoms with Gasteiger partial charge in [0.15, 0.2) is 0 Å². The van der Waals surface area contributed by atoms with Crippen LogP contribution in [-0.4, -0.2) is 57.8 Å². The molecule has 0 aromatic rings. The van der Waals surface area contributed by atoms with Gasteiger partial charge in [0.2, 0.25) is 10.0 Å². The van der Waals surface area contributed by atoms with Crippen molar-refractivity contribution in [2.24, 2.45) is 0 Å². The number of hydrogen-bond acceptors (Lipinski definition) is 4. The van der Waals surface area contributed by atoms with Crippen molar-refractivity contribution >= 4 is 10.0 Å². The Kier molecular flexibility index (Phi) is 9.60. The van der Waals surface area contributed by atoms with Gasteiger partial charge in [-0.2, -0.15) is 0 Å². The van der Waals surface area contributed by atoms with Crippen LogP contribution < -0.4 is 10.0 Å². The monoisotopic (exact) mass is 293 g/mol. The maximum atomic E-state index is 12.0. The first-order valence-electron chi connectivity index (χ1n) is 7.24. The molecule has 6 heteroatoms. The highest BCUT2D eigenvalue weighted by Crippen LogP contribution is 2.00. The molecule has 0 saturated heterocycles. The molecule has 0 amide bonds. The van der Waals surface area contributed by atoms with Crippen molar-refractivity contribution in [1.29, 1.82) is 0 Å². The van der Waals surface area contributed by atoms with Crippen LogP contribution in [0.4, 0.5) is 0 Å². The van der Waals surface area contributed by atoms with Gasteiger partial charge >= 0.3 is 0 Å². The van der Waals surface area contributed by atoms with Crippen LogP contribution in [0.15, 0.2) is 0 Å². The van der Waals surface area contributed by atoms with E-state index < -0.39 is 15.3 Å². The molecule has 0 rings (SSSR count). The summed E-state index contributed by atoms with van der Waals surface area (Å²) in [5, 5.41) is 2.74. The Labute approximate surface area is 119 Å². The summed E-state index contributed by atoms with van der Waals surface area (Å²) in [5.74, 6) is 0. The maximum absolute atomic E-state index is 12.0. The molecule has 0 spiro atoms. The van der Waals surface area contributed by atoms with Crippen molar-refractivity contribution in [2.75, 3.05) is 33.2 Å². The molecule has 0 aliphatic rings. The summed E-state index contributed by atoms with van der Waals surface area (Å²) in [6.07, 6.45) is 2.08. The molecular formula is C13H31N3O2S. The van der Waals surface area contributed by atoms with E-state index in [0.717, 1.165) is 25.9 Å². The molecule has 19 heavy (non-hydrogen) atoms. The van der Waals surface area contributed by atoms with Crippen molar-refractivity contribution < 1.29 is 8.42 Å². The van der Waals surface area contributed by atoms with Crippen LogP contribution >= 0.6 is 0 Å². The van der Waals surface area contributed by atoms with E-state index in [9.17, 15) is 8.42 Å². The quantitative estimate of drug-likeness (QED) is 0.559. The fourth-order valence-corrected chi connectivity index (χ4v) is 2.63. The fourth-order valence-electron chi connectivity index (χ4n) is 1.63. The Balaban J connectivity index is 4.02. The Morgan fingerprint density at radius 3 is 2.32 bits per heavy atom. The predicted molar refractivity (Wildman–Crippen MR) is 81.9 cm³/mol. The molecule has 0 aliphatic heterocycles. The largest absolute Gasteiger partial charge is 0.315 e. The number of sulfonamides is 1. The molecule has 0 bridgehead atoms. The molecule has 0 aromatic heterocycles. The molecule has 0 fully saturated rings. The summed E-state index contributed by atoms with van der Waals surface area (Å²) in [5.41, 5.74) is 0. The van der Waals surface area contributed by atoms with Crippen LogP contribution in [0.1, 0.15) is 40.5 Å². The standard InChI is InChI=1S/C13H31N3O2S/c1-6-8-14-11-13(4)19(17,18)15-9-10-16(5)12(3)7-2/h12-15H,6-11H2,1-5H3. The second kappa shape index (κ2) is 9.69. The number of hydrogen-bond donors (Lipinski definition) is 2. The summed E-state index contributed by atoms with van der Waals surface area (Å²) in [6, 6.07) is 0.480. The SMILES string of the molecule is CCCNCC(C)S(=O)(=O)NCCN(C)C(C)CC. The third-order valence-electron chi connectivity index (χ3n) is 3.50. The Morgan fingerprint density at radius 2 is 1.79 bits per heavy atom. The van der Waals surface area contributed by atoms with Gasteiger partial charge in [-0.3, -0.25) is 0 Å². The van der Waals surface area contributed by atoms with Gasteiger partial charge in [-0.1, -0.05) is 13.8 Å². The molecule has 5 nitrogen and oxygen atoms in total. The van der Waals surface area contributed by atoms with Crippen LogP contribution in [0.25, 0.3) is 0 Å². The van der Waals surface area contributed by atoms with E-state index in [-0.39, 0.29) is 0 Å². The lowest BCUT2D eigenvalue weighted by molar-refractivity contribution is 0.256. The number of nitrogens with one attached hydrogen (secondary N) is 2. The number of likely N-dealkylation sites (N-methyl/N-ethyl adjacent to an activating group) is 1. The Bertz CT molecular complexity index is 320. The normalized spacial score (nSPS) is 15.7. The molecule has 2 atom stereocenters. The molecule has 116 valence electrons. The van der Waals surface area contributed by atoms with Gasteiger partial charge in [0, 0.05) is 25.7 Å². The highest BCUT2D eigenvalue weighted by atomic mass is 32.2. The lowest BCUT2D eigenvalue weighted by Gasteiger charge is -2.24. The first kappa shape index (κ1) is 18.8. The number of rotatable bonds is 11. The van der Waals surface area contributed by atoms with Crippen LogP contribution in [0.3, 0.4) is 0 Å². The summed E-state index contributed by atoms with van der Waals surface area (Å²) < 4.78 is 26.6. The van der Waals surface area contributed by atoms with Gasteiger partial charge in [0.1, 0.15) is 0 Å². The lowest BCUT2D eigenvalue weighted by atomic mass is 10.2. The molecule has 0 aliphatic carbocycles. The second-order valence-electron chi connectivity index (χ2n) is 5.19. The second-order valence-corrected chi connectivity index (χ2v) is 7.38. The van der Waals surface area contributed by atoms with E-state index in [0.29, 0.717) is 19.1 Å². The number of nitrogens with zero attached hydrogens (tertiary/aromatic N) is 1. The van der Waals surface area contributed by atoms with Gasteiger partial charge in [-0.15, -0.1) is 0 Å². The molecule has 0 radical (unpaired) electrons. The third-order valence-corrected chi connectivity index (χ3v) is 5.33. The Hall–Kier alpha value is -0.170. The third kappa shape index (κ3) is 7.87. The summed E-state index contributed by atoms with van der Waals surface area (Å²) in [6.45, 7) is 10.7. The highest BCUT2D eigenvalue weighted by molar-refractivity contribution is 7.90. The van der Waals surface area contributed by atoms with Crippen LogP contribution in [-0.2, 0) is 10.0 Å². The van der Waals surface area contributed by atoms with Crippen molar-refractivity contribution in [1.82, 2.24) is 14.9 Å². The average Bonchev–Trinajstić information content (AvgIpc) is 2.37. The fraction of sp³-hybridized carbons (Fsp3) is 1.00. The van der Waals surface area contributed by atoms with E-state index in [4.69, 9.17) is 0 Å². The first-order valence-corrected chi connectivity index (χ1v) is 8.79. The van der Waals surface area contributed by atoms with Crippen molar-refractivity contribution in [2.45, 2.75) is 51.8 Å². The van der Waals surface area contributed by atoms with Gasteiger partial charge in [-0.05, 0) is 40.3 Å². The zero-order valence-electron chi connectivity index (χ0n) is 13.1. The van der Waals surface area contributed by atoms with E-state index in [1.807, 2.05) is 7.05 Å². The lowest BCUT2D eigenvalue weighted by Crippen LogP contribution is -2.42. The topological polar surface area (TPSA) is 61.4 Å². The first-order chi connectivity index (χ1) is 8.85. The zero-order valence-corrected chi connectivity index (χ0v) is 13.9. The molecule has 2 unspecified atom stereocenters. The van der Waals surface area contributed by atoms with Crippen LogP contribution in [0.2, 0.25) is 0 Å². The summed E-state index contributed by atoms with van der Waals surface area (Å²) in [7, 11) is -1.19. The highest BCUT2D eigenvalue weighted by Gasteiger charge is 2.19. The minimum Gasteiger partial charge on any atom is -0.315 e. The van der Waals surface area contributed by atoms with Gasteiger partial charge in [-0.25, -0.2) is 13.1 Å². The minimum absolute atomic E-state index is 0.395. The molecule has 2 N–H and O–H groups in total. The van der Waals surface area contributed by atoms with Gasteiger partial charge in [0.05, 0.1) is 5.25 Å². The van der Waals surface area contributed by atoms with Gasteiger partial charge < -0.3 is 10.2 Å². The maximum Gasteiger partial charge on any atom is 0.215 e. The molecule has 0 aromatic carbocycles. The zero-order chi connectivity index (χ0) is 14.9. The van der Waals surface area contributed by atoms with Crippen molar-refractivity contribution in [3.63, 3.8) is 0 Å². The van der Waals surface area contributed by atoms with E-state index in [1.165, 1.54) is 0 Å². The van der Waals surface area contributed by atoms with Crippen LogP contribution in [0, 0.1) is 0 Å². The Morgan fingerprint density at radius 1 is 1.16 bits per heavy atom. The average molecular weight is 293 g/mol. The van der Waals surface area contributed by atoms with Crippen LogP contribution in [0.5, 0.6) is 0 Å². The van der Waals surface area contributed by atoms with Gasteiger partial charge in [0.25, 0.3) is 0 Å². The van der Waals surface area contributed by atoms with Crippen molar-refractivity contribution in [3.8, 4) is 0 Å². The van der Waals surface area contributed by atoms with Crippen molar-refractivity contribution in [3.05, 3.63) is 0 Å². The molecule has 0 saturated carbocycles. The predicted octanol–water partition coefficient (Wildman–Crippen LogP) is 1.02. The van der Waals surface area contributed by atoms with E-state index in [2.05, 4.69) is 35.7 Å². The molecule has 0 heterocycles.